The molecule has 0 aliphatic rings. The van der Waals surface area contributed by atoms with Crippen LogP contribution in [0.3, 0.4) is 0 Å². The van der Waals surface area contributed by atoms with Gasteiger partial charge in [-0.15, -0.1) is 6.42 Å². The highest BCUT2D eigenvalue weighted by molar-refractivity contribution is 5.81. The fourth-order valence-electron chi connectivity index (χ4n) is 0.159. The topological polar surface area (TPSA) is 57.5 Å². The van der Waals surface area contributed by atoms with Crippen molar-refractivity contribution in [2.24, 2.45) is 0 Å². The molecular formula is C5H4O3. The Hall–Kier alpha value is -1.43. The molecule has 0 amide bonds. The summed E-state index contributed by atoms with van der Waals surface area (Å²) in [7, 11) is 0. The minimum Gasteiger partial charge on any atom is -0.501 e. The van der Waals surface area contributed by atoms with E-state index in [4.69, 9.17) is 10.2 Å². The maximum absolute atomic E-state index is 9.64. The molecular weight excluding hydrogens is 108 g/mol. The highest BCUT2D eigenvalue weighted by Gasteiger charge is 1.89. The van der Waals surface area contributed by atoms with Crippen molar-refractivity contribution < 1.29 is 15.0 Å². The Balaban J connectivity index is 4.01. The molecule has 2 N–H and O–H groups in total. The fraction of sp³-hybridized carbons (Fsp3) is 0. The molecule has 0 aliphatic carbocycles. The summed E-state index contributed by atoms with van der Waals surface area (Å²) in [5.74, 6) is -0.0893. The summed E-state index contributed by atoms with van der Waals surface area (Å²) in [6, 6.07) is 0. The van der Waals surface area contributed by atoms with Gasteiger partial charge in [0.1, 0.15) is 0 Å². The van der Waals surface area contributed by atoms with Gasteiger partial charge in [0.15, 0.2) is 5.76 Å². The number of aliphatic hydroxyl groups excluding tert-OH is 1. The molecule has 0 bridgehead atoms. The second kappa shape index (κ2) is 2.69. The van der Waals surface area contributed by atoms with Gasteiger partial charge in [-0.25, -0.2) is 4.79 Å². The van der Waals surface area contributed by atoms with Crippen molar-refractivity contribution in [1.82, 2.24) is 0 Å². The Kier molecular flexibility index (Phi) is 2.21. The van der Waals surface area contributed by atoms with E-state index in [1.807, 2.05) is 0 Å². The van der Waals surface area contributed by atoms with Crippen LogP contribution in [0.4, 0.5) is 0 Å². The zero-order valence-corrected chi connectivity index (χ0v) is 3.96. The number of allylic oxidation sites excluding steroid dienone is 1. The average molecular weight is 112 g/mol. The first kappa shape index (κ1) is 6.57. The van der Waals surface area contributed by atoms with Crippen molar-refractivity contribution in [2.45, 2.75) is 0 Å². The summed E-state index contributed by atoms with van der Waals surface area (Å²) in [6.45, 7) is 0. The Labute approximate surface area is 46.3 Å². The summed E-state index contributed by atoms with van der Waals surface area (Å²) in [6.07, 6.45) is 5.13. The second-order valence-electron chi connectivity index (χ2n) is 1.01. The van der Waals surface area contributed by atoms with Gasteiger partial charge in [0.2, 0.25) is 0 Å². The molecule has 3 nitrogen and oxygen atoms in total. The molecule has 0 fully saturated rings. The van der Waals surface area contributed by atoms with Crippen molar-refractivity contribution in [3.8, 4) is 12.3 Å². The molecule has 0 rings (SSSR count). The second-order valence-corrected chi connectivity index (χ2v) is 1.01. The van der Waals surface area contributed by atoms with E-state index in [1.165, 1.54) is 0 Å². The predicted molar refractivity (Wildman–Crippen MR) is 27.2 cm³/mol. The van der Waals surface area contributed by atoms with Crippen LogP contribution in [0, 0.1) is 12.3 Å². The monoisotopic (exact) mass is 112 g/mol. The summed E-state index contributed by atoms with van der Waals surface area (Å²) >= 11 is 0. The molecule has 0 aromatic carbocycles. The maximum Gasteiger partial charge on any atom is 0.332 e. The minimum atomic E-state index is -1.25. The Morgan fingerprint density at radius 2 is 2.12 bits per heavy atom. The molecule has 0 aromatic rings. The van der Waals surface area contributed by atoms with Gasteiger partial charge >= 0.3 is 5.97 Å². The van der Waals surface area contributed by atoms with Crippen molar-refractivity contribution >= 4 is 5.97 Å². The molecule has 0 aliphatic heterocycles. The van der Waals surface area contributed by atoms with Crippen LogP contribution < -0.4 is 0 Å². The fourth-order valence-corrected chi connectivity index (χ4v) is 0.159. The summed E-state index contributed by atoms with van der Waals surface area (Å²) in [4.78, 5) is 9.64. The van der Waals surface area contributed by atoms with E-state index < -0.39 is 11.7 Å². The molecule has 0 spiro atoms. The third-order valence-electron chi connectivity index (χ3n) is 0.408. The van der Waals surface area contributed by atoms with Gasteiger partial charge in [-0.05, 0) is 5.92 Å². The van der Waals surface area contributed by atoms with Crippen LogP contribution in [-0.4, -0.2) is 16.2 Å². The summed E-state index contributed by atoms with van der Waals surface area (Å²) in [5, 5.41) is 16.2. The number of carboxylic acids is 1. The highest BCUT2D eigenvalue weighted by atomic mass is 16.4. The van der Waals surface area contributed by atoms with Gasteiger partial charge in [-0.2, -0.15) is 0 Å². The molecule has 0 radical (unpaired) electrons. The van der Waals surface area contributed by atoms with Crippen LogP contribution >= 0.6 is 0 Å². The van der Waals surface area contributed by atoms with Crippen molar-refractivity contribution in [1.29, 1.82) is 0 Å². The highest BCUT2D eigenvalue weighted by Crippen LogP contribution is 1.81. The lowest BCUT2D eigenvalue weighted by molar-refractivity contribution is -0.131. The molecule has 0 aromatic heterocycles. The molecule has 8 heavy (non-hydrogen) atoms. The standard InChI is InChI=1S/C5H4O3/c1-2-4(6)3-5(7)8/h1,3,6H,(H,7,8)/b4-3-. The van der Waals surface area contributed by atoms with E-state index >= 15 is 0 Å². The van der Waals surface area contributed by atoms with E-state index in [0.717, 1.165) is 0 Å². The van der Waals surface area contributed by atoms with Gasteiger partial charge in [-0.3, -0.25) is 0 Å². The average Bonchev–Trinajstić information content (AvgIpc) is 1.65. The van der Waals surface area contributed by atoms with Gasteiger partial charge in [0.05, 0.1) is 6.08 Å². The lowest BCUT2D eigenvalue weighted by Gasteiger charge is -1.79. The SMILES string of the molecule is C#C/C(O)=C/C(=O)O. The van der Waals surface area contributed by atoms with Gasteiger partial charge < -0.3 is 10.2 Å². The van der Waals surface area contributed by atoms with Crippen LogP contribution in [0.15, 0.2) is 11.8 Å². The van der Waals surface area contributed by atoms with Gasteiger partial charge in [-0.1, -0.05) is 0 Å². The minimum absolute atomic E-state index is 0.542. The Morgan fingerprint density at radius 3 is 2.25 bits per heavy atom. The van der Waals surface area contributed by atoms with E-state index in [-0.39, 0.29) is 0 Å². The summed E-state index contributed by atoms with van der Waals surface area (Å²) in [5.41, 5.74) is 0. The van der Waals surface area contributed by atoms with E-state index in [1.54, 1.807) is 5.92 Å². The number of hydrogen-bond acceptors (Lipinski definition) is 2. The lowest BCUT2D eigenvalue weighted by atomic mass is 10.5. The zero-order valence-electron chi connectivity index (χ0n) is 3.96. The molecule has 42 valence electrons. The molecule has 0 heterocycles. The number of hydrogen-bond donors (Lipinski definition) is 2. The first-order valence-corrected chi connectivity index (χ1v) is 1.77. The van der Waals surface area contributed by atoms with E-state index in [9.17, 15) is 4.79 Å². The molecule has 0 atom stereocenters. The zero-order chi connectivity index (χ0) is 6.57. The van der Waals surface area contributed by atoms with Gasteiger partial charge in [0.25, 0.3) is 0 Å². The van der Waals surface area contributed by atoms with Crippen molar-refractivity contribution in [2.75, 3.05) is 0 Å². The van der Waals surface area contributed by atoms with Crippen LogP contribution in [0.5, 0.6) is 0 Å². The Bertz CT molecular complexity index is 161. The predicted octanol–water partition coefficient (Wildman–Crippen LogP) is 0.146. The van der Waals surface area contributed by atoms with Crippen LogP contribution in [0.25, 0.3) is 0 Å². The van der Waals surface area contributed by atoms with Crippen LogP contribution in [0.1, 0.15) is 0 Å². The largest absolute Gasteiger partial charge is 0.501 e. The third-order valence-corrected chi connectivity index (χ3v) is 0.408. The third kappa shape index (κ3) is 2.79. The first-order valence-electron chi connectivity index (χ1n) is 1.77. The number of aliphatic hydroxyl groups is 1. The van der Waals surface area contributed by atoms with Gasteiger partial charge in [0, 0.05) is 0 Å². The number of terminal acetylenes is 1. The van der Waals surface area contributed by atoms with Crippen molar-refractivity contribution in [3.05, 3.63) is 11.8 Å². The van der Waals surface area contributed by atoms with Crippen LogP contribution in [-0.2, 0) is 4.79 Å². The normalized spacial score (nSPS) is 10.1. The number of carboxylic acid groups (broad SMARTS) is 1. The molecule has 0 saturated carbocycles. The first-order chi connectivity index (χ1) is 3.66. The van der Waals surface area contributed by atoms with E-state index in [2.05, 4.69) is 6.42 Å². The quantitative estimate of drug-likeness (QED) is 0.288. The molecule has 0 saturated heterocycles. The smallest absolute Gasteiger partial charge is 0.332 e. The molecule has 0 unspecified atom stereocenters. The Morgan fingerprint density at radius 1 is 1.62 bits per heavy atom. The summed E-state index contributed by atoms with van der Waals surface area (Å²) < 4.78 is 0. The molecule has 3 heteroatoms. The number of carbonyl (C=O) groups is 1. The maximum atomic E-state index is 9.64. The number of aliphatic carboxylic acids is 1. The van der Waals surface area contributed by atoms with Crippen molar-refractivity contribution in [3.63, 3.8) is 0 Å². The number of rotatable bonds is 1. The lowest BCUT2D eigenvalue weighted by Crippen LogP contribution is -1.89. The van der Waals surface area contributed by atoms with Crippen LogP contribution in [0.2, 0.25) is 0 Å². The van der Waals surface area contributed by atoms with E-state index in [0.29, 0.717) is 6.08 Å².